The Morgan fingerprint density at radius 3 is 2.59 bits per heavy atom. The summed E-state index contributed by atoms with van der Waals surface area (Å²) in [7, 11) is 0. The maximum atomic E-state index is 13.4. The maximum absolute atomic E-state index is 13.4. The highest BCUT2D eigenvalue weighted by Gasteiger charge is 2.43. The number of furan rings is 1. The van der Waals surface area contributed by atoms with Crippen molar-refractivity contribution < 1.29 is 13.6 Å². The van der Waals surface area contributed by atoms with Crippen LogP contribution in [0.2, 0.25) is 5.02 Å². The number of fused-ring (bicyclic) bond motifs is 2. The quantitative estimate of drug-likeness (QED) is 0.476. The molecule has 3 heterocycles. The summed E-state index contributed by atoms with van der Waals surface area (Å²) in [5.41, 5.74) is 2.29. The van der Waals surface area contributed by atoms with Crippen molar-refractivity contribution in [2.24, 2.45) is 0 Å². The van der Waals surface area contributed by atoms with Gasteiger partial charge in [0.05, 0.1) is 29.8 Å². The minimum absolute atomic E-state index is 0.0814. The van der Waals surface area contributed by atoms with Crippen LogP contribution < -0.4 is 5.43 Å². The average molecular weight is 406 g/mol. The summed E-state index contributed by atoms with van der Waals surface area (Å²) < 4.78 is 11.4. The molecule has 5 nitrogen and oxygen atoms in total. The van der Waals surface area contributed by atoms with Crippen molar-refractivity contribution in [1.29, 1.82) is 0 Å². The summed E-state index contributed by atoms with van der Waals surface area (Å²) in [6.07, 6.45) is 1.56. The standard InChI is InChI=1S/C23H16ClNO4/c1-13-4-9-18-17(11-13)21(26)19-20(14-5-7-15(24)8-6-14)25(23(27)22(19)29-18)12-16-3-2-10-28-16/h2-11,20H,12H2,1H3. The number of benzene rings is 2. The van der Waals surface area contributed by atoms with E-state index in [1.165, 1.54) is 0 Å². The van der Waals surface area contributed by atoms with Gasteiger partial charge in [-0.15, -0.1) is 0 Å². The summed E-state index contributed by atoms with van der Waals surface area (Å²) in [4.78, 5) is 28.3. The molecule has 6 heteroatoms. The number of hydrogen-bond acceptors (Lipinski definition) is 4. The Hall–Kier alpha value is -3.31. The zero-order valence-corrected chi connectivity index (χ0v) is 16.3. The first kappa shape index (κ1) is 17.8. The molecule has 0 radical (unpaired) electrons. The molecule has 1 aliphatic rings. The Labute approximate surface area is 171 Å². The van der Waals surface area contributed by atoms with Crippen molar-refractivity contribution in [3.05, 3.63) is 104 Å². The molecule has 0 N–H and O–H groups in total. The van der Waals surface area contributed by atoms with Gasteiger partial charge in [0.2, 0.25) is 5.76 Å². The number of carbonyl (C=O) groups excluding carboxylic acids is 1. The molecule has 0 fully saturated rings. The summed E-state index contributed by atoms with van der Waals surface area (Å²) >= 11 is 6.05. The number of rotatable bonds is 3. The van der Waals surface area contributed by atoms with E-state index in [-0.39, 0.29) is 23.6 Å². The van der Waals surface area contributed by atoms with E-state index in [9.17, 15) is 9.59 Å². The van der Waals surface area contributed by atoms with Crippen LogP contribution in [0.4, 0.5) is 0 Å². The fourth-order valence-corrected chi connectivity index (χ4v) is 3.99. The number of carbonyl (C=O) groups is 1. The molecule has 0 aliphatic carbocycles. The highest BCUT2D eigenvalue weighted by Crippen LogP contribution is 2.39. The van der Waals surface area contributed by atoms with Gasteiger partial charge in [-0.25, -0.2) is 0 Å². The number of amides is 1. The van der Waals surface area contributed by atoms with E-state index < -0.39 is 6.04 Å². The SMILES string of the molecule is Cc1ccc2oc3c(c(=O)c2c1)C(c1ccc(Cl)cc1)N(Cc1ccco1)C3=O. The molecule has 1 unspecified atom stereocenters. The predicted octanol–water partition coefficient (Wildman–Crippen LogP) is 5.09. The number of hydrogen-bond donors (Lipinski definition) is 0. The molecule has 144 valence electrons. The van der Waals surface area contributed by atoms with Crippen molar-refractivity contribution in [2.75, 3.05) is 0 Å². The van der Waals surface area contributed by atoms with E-state index in [1.807, 2.05) is 25.1 Å². The van der Waals surface area contributed by atoms with Crippen molar-refractivity contribution in [2.45, 2.75) is 19.5 Å². The first-order chi connectivity index (χ1) is 14.0. The van der Waals surface area contributed by atoms with Gasteiger partial charge in [-0.2, -0.15) is 0 Å². The Morgan fingerprint density at radius 1 is 1.07 bits per heavy atom. The Balaban J connectivity index is 1.75. The molecule has 0 bridgehead atoms. The number of nitrogens with zero attached hydrogens (tertiary/aromatic N) is 1. The van der Waals surface area contributed by atoms with Crippen molar-refractivity contribution in [1.82, 2.24) is 4.90 Å². The van der Waals surface area contributed by atoms with Gasteiger partial charge in [-0.3, -0.25) is 9.59 Å². The van der Waals surface area contributed by atoms with Gasteiger partial charge < -0.3 is 13.7 Å². The normalized spacial score (nSPS) is 15.9. The van der Waals surface area contributed by atoms with E-state index in [0.717, 1.165) is 11.1 Å². The second-order valence-electron chi connectivity index (χ2n) is 7.14. The van der Waals surface area contributed by atoms with Crippen LogP contribution in [0, 0.1) is 6.92 Å². The van der Waals surface area contributed by atoms with Crippen LogP contribution in [0.3, 0.4) is 0 Å². The van der Waals surface area contributed by atoms with Gasteiger partial charge in [-0.05, 0) is 48.9 Å². The number of aryl methyl sites for hydroxylation is 1. The first-order valence-electron chi connectivity index (χ1n) is 9.19. The molecule has 1 aliphatic heterocycles. The summed E-state index contributed by atoms with van der Waals surface area (Å²) in [6.45, 7) is 2.13. The highest BCUT2D eigenvalue weighted by atomic mass is 35.5. The van der Waals surface area contributed by atoms with E-state index >= 15 is 0 Å². The van der Waals surface area contributed by atoms with Crippen LogP contribution in [0.25, 0.3) is 11.0 Å². The largest absolute Gasteiger partial charge is 0.467 e. The third kappa shape index (κ3) is 2.86. The molecule has 2 aromatic heterocycles. The lowest BCUT2D eigenvalue weighted by Gasteiger charge is -2.24. The average Bonchev–Trinajstić information content (AvgIpc) is 3.32. The molecule has 0 saturated heterocycles. The van der Waals surface area contributed by atoms with Crippen molar-refractivity contribution in [3.8, 4) is 0 Å². The molecule has 5 rings (SSSR count). The van der Waals surface area contributed by atoms with Crippen molar-refractivity contribution >= 4 is 28.5 Å². The molecule has 2 aromatic carbocycles. The predicted molar refractivity (Wildman–Crippen MR) is 109 cm³/mol. The number of halogens is 1. The van der Waals surface area contributed by atoms with Crippen LogP contribution in [0.15, 0.2) is 74.5 Å². The zero-order chi connectivity index (χ0) is 20.1. The minimum Gasteiger partial charge on any atom is -0.467 e. The van der Waals surface area contributed by atoms with Gasteiger partial charge in [0.25, 0.3) is 5.91 Å². The smallest absolute Gasteiger partial charge is 0.291 e. The van der Waals surface area contributed by atoms with Crippen LogP contribution in [-0.2, 0) is 6.54 Å². The van der Waals surface area contributed by atoms with Gasteiger partial charge in [0.1, 0.15) is 11.3 Å². The van der Waals surface area contributed by atoms with E-state index in [4.69, 9.17) is 20.4 Å². The summed E-state index contributed by atoms with van der Waals surface area (Å²) in [5, 5.41) is 1.05. The second kappa shape index (κ2) is 6.64. The van der Waals surface area contributed by atoms with Gasteiger partial charge in [0, 0.05) is 5.02 Å². The van der Waals surface area contributed by atoms with E-state index in [1.54, 1.807) is 47.6 Å². The Morgan fingerprint density at radius 2 is 1.86 bits per heavy atom. The molecule has 4 aromatic rings. The van der Waals surface area contributed by atoms with Gasteiger partial charge >= 0.3 is 0 Å². The van der Waals surface area contributed by atoms with Crippen LogP contribution in [-0.4, -0.2) is 10.8 Å². The van der Waals surface area contributed by atoms with Crippen molar-refractivity contribution in [3.63, 3.8) is 0 Å². The molecule has 0 saturated carbocycles. The lowest BCUT2D eigenvalue weighted by molar-refractivity contribution is 0.0701. The molecule has 1 atom stereocenters. The van der Waals surface area contributed by atoms with Gasteiger partial charge in [0.15, 0.2) is 5.43 Å². The fourth-order valence-electron chi connectivity index (χ4n) is 3.86. The molecule has 1 amide bonds. The van der Waals surface area contributed by atoms with E-state index in [0.29, 0.717) is 27.3 Å². The van der Waals surface area contributed by atoms with Gasteiger partial charge in [-0.1, -0.05) is 35.4 Å². The highest BCUT2D eigenvalue weighted by molar-refractivity contribution is 6.30. The third-order valence-corrected chi connectivity index (χ3v) is 5.47. The molecular weight excluding hydrogens is 390 g/mol. The molecule has 0 spiro atoms. The first-order valence-corrected chi connectivity index (χ1v) is 9.57. The molecule has 29 heavy (non-hydrogen) atoms. The Kier molecular flexibility index (Phi) is 4.07. The zero-order valence-electron chi connectivity index (χ0n) is 15.5. The lowest BCUT2D eigenvalue weighted by Crippen LogP contribution is -2.29. The summed E-state index contributed by atoms with van der Waals surface area (Å²) in [6, 6.07) is 15.5. The Bertz CT molecular complexity index is 1290. The fraction of sp³-hybridized carbons (Fsp3) is 0.130. The minimum atomic E-state index is -0.582. The monoisotopic (exact) mass is 405 g/mol. The maximum Gasteiger partial charge on any atom is 0.291 e. The second-order valence-corrected chi connectivity index (χ2v) is 7.58. The van der Waals surface area contributed by atoms with Crippen LogP contribution in [0.5, 0.6) is 0 Å². The van der Waals surface area contributed by atoms with Crippen LogP contribution >= 0.6 is 11.6 Å². The van der Waals surface area contributed by atoms with E-state index in [2.05, 4.69) is 0 Å². The molecular formula is C23H16ClNO4. The lowest BCUT2D eigenvalue weighted by atomic mass is 9.98. The van der Waals surface area contributed by atoms with Crippen LogP contribution in [0.1, 0.15) is 39.0 Å². The summed E-state index contributed by atoms with van der Waals surface area (Å²) in [5.74, 6) is 0.367. The third-order valence-electron chi connectivity index (χ3n) is 5.21. The topological polar surface area (TPSA) is 63.7 Å².